The second kappa shape index (κ2) is 7.40. The summed E-state index contributed by atoms with van der Waals surface area (Å²) >= 11 is 0. The minimum atomic E-state index is -0.590. The van der Waals surface area contributed by atoms with Crippen molar-refractivity contribution in [1.29, 1.82) is 0 Å². The third-order valence-corrected chi connectivity index (χ3v) is 4.69. The number of carbonyl (C=O) groups excluding carboxylic acids is 1. The van der Waals surface area contributed by atoms with Crippen LogP contribution in [0, 0.1) is 12.3 Å². The molecule has 1 saturated heterocycles. The number of nitrogens with zero attached hydrogens (tertiary/aromatic N) is 4. The highest BCUT2D eigenvalue weighted by Gasteiger charge is 2.34. The summed E-state index contributed by atoms with van der Waals surface area (Å²) < 4.78 is 11.4. The fourth-order valence-corrected chi connectivity index (χ4v) is 3.32. The minimum absolute atomic E-state index is 0.208. The standard InChI is InChI=1S/C19H30N5O3/c1-12(2)13-11-26-14-15(23(13)6)20-17(22-18(25)27-19(3,4)5)21-16(14)24-9-7-8-10-24/h7,12-13H,8-11H2,1-6H3,(H,20,21,22,25). The molecule has 0 saturated carbocycles. The van der Waals surface area contributed by atoms with Crippen LogP contribution in [0.15, 0.2) is 0 Å². The molecule has 0 bridgehead atoms. The number of hydrogen-bond acceptors (Lipinski definition) is 7. The van der Waals surface area contributed by atoms with Crippen LogP contribution in [0.5, 0.6) is 5.75 Å². The average molecular weight is 376 g/mol. The third kappa shape index (κ3) is 4.36. The highest BCUT2D eigenvalue weighted by Crippen LogP contribution is 2.41. The number of fused-ring (bicyclic) bond motifs is 1. The van der Waals surface area contributed by atoms with E-state index < -0.39 is 11.7 Å². The SMILES string of the molecule is CC(C)C1COc2c(N3C[CH]CC3)nc(NC(=O)OC(C)(C)C)nc2N1C. The monoisotopic (exact) mass is 376 g/mol. The van der Waals surface area contributed by atoms with Gasteiger partial charge in [-0.05, 0) is 39.5 Å². The Labute approximate surface area is 161 Å². The summed E-state index contributed by atoms with van der Waals surface area (Å²) in [6.07, 6.45) is 2.64. The van der Waals surface area contributed by atoms with Crippen LogP contribution in [-0.2, 0) is 4.74 Å². The number of anilines is 3. The minimum Gasteiger partial charge on any atom is -0.484 e. The van der Waals surface area contributed by atoms with Gasteiger partial charge in [0.15, 0.2) is 11.6 Å². The summed E-state index contributed by atoms with van der Waals surface area (Å²) in [5.74, 6) is 2.73. The number of carbonyl (C=O) groups is 1. The molecule has 0 spiro atoms. The molecule has 8 nitrogen and oxygen atoms in total. The van der Waals surface area contributed by atoms with Gasteiger partial charge < -0.3 is 19.3 Å². The summed E-state index contributed by atoms with van der Waals surface area (Å²) in [5.41, 5.74) is -0.590. The Morgan fingerprint density at radius 1 is 1.33 bits per heavy atom. The van der Waals surface area contributed by atoms with Crippen LogP contribution in [0.1, 0.15) is 41.0 Å². The fourth-order valence-electron chi connectivity index (χ4n) is 3.32. The van der Waals surface area contributed by atoms with Crippen molar-refractivity contribution >= 4 is 23.7 Å². The lowest BCUT2D eigenvalue weighted by atomic mass is 10.0. The van der Waals surface area contributed by atoms with E-state index in [4.69, 9.17) is 9.47 Å². The lowest BCUT2D eigenvalue weighted by Crippen LogP contribution is -2.45. The molecular formula is C19H30N5O3. The number of likely N-dealkylation sites (N-methyl/N-ethyl adjacent to an activating group) is 1. The van der Waals surface area contributed by atoms with Crippen LogP contribution in [0.2, 0.25) is 0 Å². The first-order valence-corrected chi connectivity index (χ1v) is 9.50. The molecular weight excluding hydrogens is 346 g/mol. The summed E-state index contributed by atoms with van der Waals surface area (Å²) in [4.78, 5) is 25.6. The van der Waals surface area contributed by atoms with Gasteiger partial charge in [0.05, 0.1) is 6.04 Å². The Kier molecular flexibility index (Phi) is 5.35. The van der Waals surface area contributed by atoms with Gasteiger partial charge in [-0.2, -0.15) is 9.97 Å². The third-order valence-electron chi connectivity index (χ3n) is 4.69. The Hall–Kier alpha value is -2.25. The van der Waals surface area contributed by atoms with Crippen molar-refractivity contribution in [3.8, 4) is 5.75 Å². The second-order valence-corrected chi connectivity index (χ2v) is 8.41. The van der Waals surface area contributed by atoms with Crippen LogP contribution >= 0.6 is 0 Å². The van der Waals surface area contributed by atoms with E-state index in [2.05, 4.69) is 45.4 Å². The molecule has 27 heavy (non-hydrogen) atoms. The molecule has 1 radical (unpaired) electrons. The fraction of sp³-hybridized carbons (Fsp3) is 0.684. The number of aromatic nitrogens is 2. The lowest BCUT2D eigenvalue weighted by Gasteiger charge is -2.38. The van der Waals surface area contributed by atoms with Crippen LogP contribution < -0.4 is 19.9 Å². The van der Waals surface area contributed by atoms with E-state index in [0.717, 1.165) is 19.5 Å². The van der Waals surface area contributed by atoms with Gasteiger partial charge in [0.25, 0.3) is 0 Å². The van der Waals surface area contributed by atoms with Gasteiger partial charge in [-0.15, -0.1) is 0 Å². The molecule has 1 atom stereocenters. The van der Waals surface area contributed by atoms with Crippen molar-refractivity contribution in [3.63, 3.8) is 0 Å². The van der Waals surface area contributed by atoms with E-state index >= 15 is 0 Å². The summed E-state index contributed by atoms with van der Waals surface area (Å²) in [5, 5.41) is 2.67. The molecule has 1 fully saturated rings. The van der Waals surface area contributed by atoms with E-state index in [1.54, 1.807) is 0 Å². The first kappa shape index (κ1) is 19.5. The van der Waals surface area contributed by atoms with E-state index in [-0.39, 0.29) is 12.0 Å². The number of ether oxygens (including phenoxy) is 2. The first-order valence-electron chi connectivity index (χ1n) is 9.50. The zero-order valence-corrected chi connectivity index (χ0v) is 17.1. The smallest absolute Gasteiger partial charge is 0.414 e. The maximum Gasteiger partial charge on any atom is 0.414 e. The number of rotatable bonds is 3. The van der Waals surface area contributed by atoms with Crippen molar-refractivity contribution in [2.24, 2.45) is 5.92 Å². The lowest BCUT2D eigenvalue weighted by molar-refractivity contribution is 0.0634. The van der Waals surface area contributed by atoms with E-state index in [1.165, 1.54) is 0 Å². The summed E-state index contributed by atoms with van der Waals surface area (Å²) in [7, 11) is 2.01. The molecule has 3 rings (SSSR count). The molecule has 1 aromatic rings. The van der Waals surface area contributed by atoms with Crippen LogP contribution in [0.3, 0.4) is 0 Å². The predicted molar refractivity (Wildman–Crippen MR) is 106 cm³/mol. The predicted octanol–water partition coefficient (Wildman–Crippen LogP) is 3.09. The zero-order chi connectivity index (χ0) is 19.8. The quantitative estimate of drug-likeness (QED) is 0.868. The van der Waals surface area contributed by atoms with Gasteiger partial charge in [0.2, 0.25) is 11.7 Å². The van der Waals surface area contributed by atoms with Crippen LogP contribution in [0.25, 0.3) is 0 Å². The number of hydrogen-bond donors (Lipinski definition) is 1. The average Bonchev–Trinajstić information content (AvgIpc) is 3.07. The second-order valence-electron chi connectivity index (χ2n) is 8.41. The molecule has 2 aliphatic rings. The molecule has 1 aromatic heterocycles. The van der Waals surface area contributed by atoms with Gasteiger partial charge in [0.1, 0.15) is 12.2 Å². The van der Waals surface area contributed by atoms with Gasteiger partial charge >= 0.3 is 6.09 Å². The highest BCUT2D eigenvalue weighted by atomic mass is 16.6. The molecule has 1 N–H and O–H groups in total. The summed E-state index contributed by atoms with van der Waals surface area (Å²) in [6.45, 7) is 12.0. The Balaban J connectivity index is 1.95. The van der Waals surface area contributed by atoms with Gasteiger partial charge in [-0.3, -0.25) is 5.32 Å². The topological polar surface area (TPSA) is 79.8 Å². The van der Waals surface area contributed by atoms with Crippen molar-refractivity contribution in [1.82, 2.24) is 9.97 Å². The van der Waals surface area contributed by atoms with E-state index in [9.17, 15) is 4.79 Å². The van der Waals surface area contributed by atoms with Crippen LogP contribution in [0.4, 0.5) is 22.4 Å². The highest BCUT2D eigenvalue weighted by molar-refractivity contribution is 5.84. The Morgan fingerprint density at radius 2 is 2.04 bits per heavy atom. The van der Waals surface area contributed by atoms with E-state index in [1.807, 2.05) is 27.8 Å². The van der Waals surface area contributed by atoms with Crippen molar-refractivity contribution in [3.05, 3.63) is 6.42 Å². The van der Waals surface area contributed by atoms with Crippen molar-refractivity contribution in [2.45, 2.75) is 52.7 Å². The maximum atomic E-state index is 12.2. The number of nitrogens with one attached hydrogen (secondary N) is 1. The summed E-state index contributed by atoms with van der Waals surface area (Å²) in [6, 6.07) is 0.208. The molecule has 2 aliphatic heterocycles. The normalized spacial score (nSPS) is 19.7. The Bertz CT molecular complexity index is 695. The maximum absolute atomic E-state index is 12.2. The van der Waals surface area contributed by atoms with Gasteiger partial charge in [-0.25, -0.2) is 4.79 Å². The van der Waals surface area contributed by atoms with Gasteiger partial charge in [-0.1, -0.05) is 13.8 Å². The van der Waals surface area contributed by atoms with Crippen molar-refractivity contribution in [2.75, 3.05) is 41.9 Å². The molecule has 3 heterocycles. The molecule has 0 aliphatic carbocycles. The Morgan fingerprint density at radius 3 is 2.63 bits per heavy atom. The van der Waals surface area contributed by atoms with Crippen LogP contribution in [-0.4, -0.2) is 54.4 Å². The molecule has 149 valence electrons. The molecule has 1 amide bonds. The van der Waals surface area contributed by atoms with E-state index in [0.29, 0.717) is 29.9 Å². The first-order chi connectivity index (χ1) is 12.7. The van der Waals surface area contributed by atoms with Crippen molar-refractivity contribution < 1.29 is 14.3 Å². The molecule has 1 unspecified atom stereocenters. The number of amides is 1. The zero-order valence-electron chi connectivity index (χ0n) is 17.1. The molecule has 0 aromatic carbocycles. The largest absolute Gasteiger partial charge is 0.484 e. The molecule has 8 heteroatoms. The van der Waals surface area contributed by atoms with Gasteiger partial charge in [0, 0.05) is 20.1 Å².